The van der Waals surface area contributed by atoms with E-state index in [1.165, 1.54) is 0 Å². The number of rotatable bonds is 10. The standard InChI is InChI=1S/C21H41N5O12.H2O4S/c22-2-1-8(28)19(34)26-7-3-6(24)17(37-20-11(25)15(32)13(30)9(4-23)35-20)18(12(7)29)38-21-16(33)14(31)10(5-27)36-21;1-5(2,3)4/h6-18,20-21,27-33H,1-5,22-25H2,(H,26,34);(H2,1,2,3,4). The number of ether oxygens (including phenoxy) is 4. The summed E-state index contributed by atoms with van der Waals surface area (Å²) in [7, 11) is -4.67. The fourth-order valence-corrected chi connectivity index (χ4v) is 4.84. The van der Waals surface area contributed by atoms with Crippen LogP contribution in [0.2, 0.25) is 0 Å². The molecule has 0 spiro atoms. The van der Waals surface area contributed by atoms with Gasteiger partial charge in [0.2, 0.25) is 5.91 Å². The Balaban J connectivity index is 0.00000119. The third-order valence-corrected chi connectivity index (χ3v) is 7.15. The van der Waals surface area contributed by atoms with Gasteiger partial charge in [0.25, 0.3) is 0 Å². The molecule has 3 rings (SSSR count). The third-order valence-electron chi connectivity index (χ3n) is 7.15. The lowest BCUT2D eigenvalue weighted by Gasteiger charge is -2.48. The molecule has 2 saturated heterocycles. The highest BCUT2D eigenvalue weighted by Crippen LogP contribution is 2.32. The average molecular weight is 654 g/mol. The van der Waals surface area contributed by atoms with E-state index in [1.54, 1.807) is 0 Å². The largest absolute Gasteiger partial charge is 0.394 e. The molecule has 0 aromatic carbocycles. The molecule has 3 fully saturated rings. The normalized spacial score (nSPS) is 42.5. The van der Waals surface area contributed by atoms with E-state index in [2.05, 4.69) is 5.32 Å². The van der Waals surface area contributed by atoms with Crippen LogP contribution in [0.4, 0.5) is 0 Å². The lowest BCUT2D eigenvalue weighted by atomic mass is 9.83. The van der Waals surface area contributed by atoms with Crippen LogP contribution in [-0.4, -0.2) is 171 Å². The molecule has 0 bridgehead atoms. The van der Waals surface area contributed by atoms with Gasteiger partial charge >= 0.3 is 10.4 Å². The lowest BCUT2D eigenvalue weighted by Crippen LogP contribution is -2.69. The predicted octanol–water partition coefficient (Wildman–Crippen LogP) is -8.44. The maximum atomic E-state index is 12.4. The Morgan fingerprint density at radius 2 is 1.42 bits per heavy atom. The van der Waals surface area contributed by atoms with Crippen LogP contribution in [0.5, 0.6) is 0 Å². The zero-order valence-corrected chi connectivity index (χ0v) is 23.6. The quantitative estimate of drug-likeness (QED) is 0.0973. The van der Waals surface area contributed by atoms with E-state index >= 15 is 0 Å². The third kappa shape index (κ3) is 10.1. The Labute approximate surface area is 246 Å². The van der Waals surface area contributed by atoms with Crippen molar-refractivity contribution in [3.8, 4) is 0 Å². The van der Waals surface area contributed by atoms with Crippen molar-refractivity contribution in [3.63, 3.8) is 0 Å². The Bertz CT molecular complexity index is 975. The van der Waals surface area contributed by atoms with Crippen molar-refractivity contribution in [1.82, 2.24) is 5.32 Å². The fourth-order valence-electron chi connectivity index (χ4n) is 4.84. The molecular weight excluding hydrogens is 610 g/mol. The Kier molecular flexibility index (Phi) is 14.4. The monoisotopic (exact) mass is 653 g/mol. The number of carbonyl (C=O) groups is 1. The van der Waals surface area contributed by atoms with E-state index in [-0.39, 0.29) is 25.9 Å². The molecular formula is C21H43N5O16S. The van der Waals surface area contributed by atoms with Crippen LogP contribution in [-0.2, 0) is 34.1 Å². The maximum absolute atomic E-state index is 12.4. The van der Waals surface area contributed by atoms with Crippen LogP contribution < -0.4 is 28.3 Å². The SMILES string of the molecule is NCCC(O)C(=O)NC1CC(N)C(OC2OC(CN)C(O)C(O)C2N)C(OC2OC(CO)C(O)C2O)C1O.O=S(=O)(O)O. The zero-order chi connectivity index (χ0) is 32.8. The van der Waals surface area contributed by atoms with Gasteiger partial charge < -0.3 is 82.9 Å². The number of aliphatic hydroxyl groups excluding tert-OH is 7. The Hall–Kier alpha value is -1.26. The number of amides is 1. The van der Waals surface area contributed by atoms with Gasteiger partial charge in [0.1, 0.15) is 61.0 Å². The van der Waals surface area contributed by atoms with Gasteiger partial charge in [-0.1, -0.05) is 0 Å². The molecule has 18 N–H and O–H groups in total. The zero-order valence-electron chi connectivity index (χ0n) is 22.8. The van der Waals surface area contributed by atoms with Crippen molar-refractivity contribution in [2.75, 3.05) is 19.7 Å². The van der Waals surface area contributed by atoms with Crippen molar-refractivity contribution >= 4 is 16.3 Å². The predicted molar refractivity (Wildman–Crippen MR) is 140 cm³/mol. The maximum Gasteiger partial charge on any atom is 0.394 e. The van der Waals surface area contributed by atoms with Crippen molar-refractivity contribution in [1.29, 1.82) is 0 Å². The topological polar surface area (TPSA) is 386 Å². The van der Waals surface area contributed by atoms with Gasteiger partial charge in [0.15, 0.2) is 12.6 Å². The highest BCUT2D eigenvalue weighted by molar-refractivity contribution is 7.79. The van der Waals surface area contributed by atoms with Crippen molar-refractivity contribution < 1.29 is 77.0 Å². The molecule has 2 heterocycles. The average Bonchev–Trinajstić information content (AvgIpc) is 3.20. The van der Waals surface area contributed by atoms with E-state index in [4.69, 9.17) is 59.4 Å². The molecule has 254 valence electrons. The number of aliphatic hydroxyl groups is 7. The molecule has 0 radical (unpaired) electrons. The number of nitrogens with one attached hydrogen (secondary N) is 1. The van der Waals surface area contributed by atoms with Crippen LogP contribution in [0.3, 0.4) is 0 Å². The molecule has 3 aliphatic rings. The van der Waals surface area contributed by atoms with Crippen LogP contribution in [0.25, 0.3) is 0 Å². The van der Waals surface area contributed by atoms with Crippen LogP contribution in [0.1, 0.15) is 12.8 Å². The molecule has 2 aliphatic heterocycles. The summed E-state index contributed by atoms with van der Waals surface area (Å²) in [4.78, 5) is 12.4. The summed E-state index contributed by atoms with van der Waals surface area (Å²) < 4.78 is 54.3. The fraction of sp³-hybridized carbons (Fsp3) is 0.952. The minimum absolute atomic E-state index is 0.0255. The minimum Gasteiger partial charge on any atom is -0.394 e. The van der Waals surface area contributed by atoms with E-state index < -0.39 is 115 Å². The van der Waals surface area contributed by atoms with E-state index in [0.29, 0.717) is 0 Å². The second-order valence-electron chi connectivity index (χ2n) is 10.3. The first-order valence-corrected chi connectivity index (χ1v) is 14.6. The second-order valence-corrected chi connectivity index (χ2v) is 11.2. The van der Waals surface area contributed by atoms with Crippen LogP contribution in [0, 0.1) is 0 Å². The summed E-state index contributed by atoms with van der Waals surface area (Å²) in [5.74, 6) is -0.807. The first-order valence-electron chi connectivity index (χ1n) is 13.2. The summed E-state index contributed by atoms with van der Waals surface area (Å²) in [5.41, 5.74) is 23.3. The first-order chi connectivity index (χ1) is 19.9. The Morgan fingerprint density at radius 3 is 1.93 bits per heavy atom. The number of hydrogen-bond donors (Lipinski definition) is 14. The van der Waals surface area contributed by atoms with Gasteiger partial charge in [-0.15, -0.1) is 0 Å². The summed E-state index contributed by atoms with van der Waals surface area (Å²) >= 11 is 0. The van der Waals surface area contributed by atoms with Gasteiger partial charge in [0.05, 0.1) is 18.7 Å². The Morgan fingerprint density at radius 1 is 0.884 bits per heavy atom. The number of carbonyl (C=O) groups excluding carboxylic acids is 1. The first kappa shape index (κ1) is 37.9. The lowest BCUT2D eigenvalue weighted by molar-refractivity contribution is -0.307. The van der Waals surface area contributed by atoms with E-state index in [1.807, 2.05) is 0 Å². The smallest absolute Gasteiger partial charge is 0.394 e. The molecule has 1 aliphatic carbocycles. The van der Waals surface area contributed by atoms with E-state index in [9.17, 15) is 40.5 Å². The molecule has 43 heavy (non-hydrogen) atoms. The molecule has 22 heteroatoms. The second kappa shape index (κ2) is 16.3. The van der Waals surface area contributed by atoms with Crippen molar-refractivity contribution in [2.45, 2.75) is 105 Å². The van der Waals surface area contributed by atoms with Crippen molar-refractivity contribution in [2.24, 2.45) is 22.9 Å². The summed E-state index contributed by atoms with van der Waals surface area (Å²) in [6.07, 6.45) is -16.9. The molecule has 15 atom stereocenters. The molecule has 0 aromatic heterocycles. The summed E-state index contributed by atoms with van der Waals surface area (Å²) in [6.45, 7) is -0.764. The molecule has 1 amide bonds. The van der Waals surface area contributed by atoms with Crippen molar-refractivity contribution in [3.05, 3.63) is 0 Å². The summed E-state index contributed by atoms with van der Waals surface area (Å²) in [5, 5.41) is 74.0. The molecule has 0 aromatic rings. The van der Waals surface area contributed by atoms with Gasteiger partial charge in [-0.3, -0.25) is 13.9 Å². The van der Waals surface area contributed by atoms with Gasteiger partial charge in [-0.25, -0.2) is 0 Å². The van der Waals surface area contributed by atoms with E-state index in [0.717, 1.165) is 0 Å². The highest BCUT2D eigenvalue weighted by atomic mass is 32.3. The summed E-state index contributed by atoms with van der Waals surface area (Å²) in [6, 6.07) is -3.29. The number of hydrogen-bond acceptors (Lipinski definition) is 18. The van der Waals surface area contributed by atoms with Crippen LogP contribution >= 0.6 is 0 Å². The number of nitrogens with two attached hydrogens (primary N) is 4. The molecule has 15 unspecified atom stereocenters. The molecule has 1 saturated carbocycles. The van der Waals surface area contributed by atoms with Gasteiger partial charge in [-0.2, -0.15) is 8.42 Å². The minimum atomic E-state index is -4.67. The highest BCUT2D eigenvalue weighted by Gasteiger charge is 2.53. The van der Waals surface area contributed by atoms with Gasteiger partial charge in [0, 0.05) is 12.6 Å². The molecule has 21 nitrogen and oxygen atoms in total. The van der Waals surface area contributed by atoms with Gasteiger partial charge in [-0.05, 0) is 19.4 Å². The van der Waals surface area contributed by atoms with Crippen LogP contribution in [0.15, 0.2) is 0 Å².